The van der Waals surface area contributed by atoms with Gasteiger partial charge in [0.1, 0.15) is 18.9 Å². The number of imide groups is 1. The van der Waals surface area contributed by atoms with E-state index in [1.54, 1.807) is 13.2 Å². The second-order valence-electron chi connectivity index (χ2n) is 6.41. The van der Waals surface area contributed by atoms with E-state index in [2.05, 4.69) is 9.88 Å². The molecule has 7 nitrogen and oxygen atoms in total. The van der Waals surface area contributed by atoms with Crippen LogP contribution in [0.25, 0.3) is 0 Å². The van der Waals surface area contributed by atoms with Crippen LogP contribution >= 0.6 is 0 Å². The summed E-state index contributed by atoms with van der Waals surface area (Å²) < 4.78 is 5.92. The summed E-state index contributed by atoms with van der Waals surface area (Å²) in [6.07, 6.45) is 3.94. The van der Waals surface area contributed by atoms with Crippen LogP contribution in [-0.4, -0.2) is 77.5 Å². The summed E-state index contributed by atoms with van der Waals surface area (Å²) in [4.78, 5) is 33.1. The number of pyridine rings is 1. The fraction of sp³-hybridized carbons (Fsp3) is 0.588. The molecule has 24 heavy (non-hydrogen) atoms. The first kappa shape index (κ1) is 16.7. The van der Waals surface area contributed by atoms with E-state index in [0.717, 1.165) is 30.8 Å². The number of hydrogen-bond acceptors (Lipinski definition) is 5. The molecule has 3 amide bonds. The van der Waals surface area contributed by atoms with Gasteiger partial charge < -0.3 is 9.64 Å². The molecule has 0 N–H and O–H groups in total. The fourth-order valence-electron chi connectivity index (χ4n) is 3.30. The van der Waals surface area contributed by atoms with Crippen molar-refractivity contribution >= 4 is 11.9 Å². The number of ether oxygens (including phenoxy) is 1. The minimum atomic E-state index is -0.196. The molecule has 2 aliphatic rings. The lowest BCUT2D eigenvalue weighted by Gasteiger charge is -2.26. The molecule has 3 heterocycles. The molecule has 0 bridgehead atoms. The number of carbonyl (C=O) groups is 2. The Bertz CT molecular complexity index is 622. The average molecular weight is 332 g/mol. The molecule has 2 saturated heterocycles. The molecule has 130 valence electrons. The maximum absolute atomic E-state index is 11.9. The smallest absolute Gasteiger partial charge is 0.327 e. The number of aromatic nitrogens is 1. The lowest BCUT2D eigenvalue weighted by molar-refractivity contribution is -0.125. The zero-order chi connectivity index (χ0) is 17.1. The van der Waals surface area contributed by atoms with E-state index >= 15 is 0 Å². The van der Waals surface area contributed by atoms with Crippen LogP contribution in [0.1, 0.15) is 18.5 Å². The Balaban J connectivity index is 1.51. The molecular formula is C17H24N4O3. The van der Waals surface area contributed by atoms with Gasteiger partial charge in [0.05, 0.1) is 5.69 Å². The van der Waals surface area contributed by atoms with E-state index < -0.39 is 0 Å². The van der Waals surface area contributed by atoms with Crippen molar-refractivity contribution in [2.24, 2.45) is 0 Å². The predicted octanol–water partition coefficient (Wildman–Crippen LogP) is 1.13. The molecule has 0 saturated carbocycles. The van der Waals surface area contributed by atoms with E-state index in [-0.39, 0.29) is 18.5 Å². The summed E-state index contributed by atoms with van der Waals surface area (Å²) in [5.74, 6) is 0.705. The van der Waals surface area contributed by atoms with Gasteiger partial charge in [-0.3, -0.25) is 19.6 Å². The number of likely N-dealkylation sites (N-methyl/N-ethyl adjacent to an activating group) is 1. The van der Waals surface area contributed by atoms with E-state index in [1.165, 1.54) is 9.80 Å². The molecule has 0 spiro atoms. The number of carbonyl (C=O) groups excluding carboxylic acids is 2. The number of nitrogens with zero attached hydrogens (tertiary/aromatic N) is 4. The van der Waals surface area contributed by atoms with Crippen molar-refractivity contribution in [3.8, 4) is 5.75 Å². The second kappa shape index (κ2) is 7.17. The normalized spacial score (nSPS) is 21.8. The molecule has 1 aromatic rings. The highest BCUT2D eigenvalue weighted by atomic mass is 16.5. The van der Waals surface area contributed by atoms with E-state index in [0.29, 0.717) is 25.7 Å². The highest BCUT2D eigenvalue weighted by molar-refractivity contribution is 6.01. The van der Waals surface area contributed by atoms with Crippen molar-refractivity contribution < 1.29 is 14.3 Å². The summed E-state index contributed by atoms with van der Waals surface area (Å²) in [5.41, 5.74) is 0.887. The van der Waals surface area contributed by atoms with Crippen molar-refractivity contribution in [1.29, 1.82) is 0 Å². The Hall–Kier alpha value is -2.15. The molecule has 1 unspecified atom stereocenters. The van der Waals surface area contributed by atoms with Crippen molar-refractivity contribution in [1.82, 2.24) is 19.7 Å². The maximum atomic E-state index is 11.9. The molecule has 0 aromatic carbocycles. The summed E-state index contributed by atoms with van der Waals surface area (Å²) in [6, 6.07) is 3.92. The SMILES string of the molecule is Cc1ncccc1OCC1CCCN1CCN1C(=O)CN(C)C1=O. The Labute approximate surface area is 142 Å². The second-order valence-corrected chi connectivity index (χ2v) is 6.41. The molecule has 1 aromatic heterocycles. The number of likely N-dealkylation sites (tertiary alicyclic amines) is 1. The van der Waals surface area contributed by atoms with Crippen molar-refractivity contribution in [2.45, 2.75) is 25.8 Å². The largest absolute Gasteiger partial charge is 0.490 e. The van der Waals surface area contributed by atoms with Gasteiger partial charge in [0.25, 0.3) is 0 Å². The lowest BCUT2D eigenvalue weighted by Crippen LogP contribution is -2.42. The molecule has 0 aliphatic carbocycles. The van der Waals surface area contributed by atoms with Crippen LogP contribution in [0.2, 0.25) is 0 Å². The Morgan fingerprint density at radius 2 is 2.17 bits per heavy atom. The Morgan fingerprint density at radius 3 is 2.88 bits per heavy atom. The van der Waals surface area contributed by atoms with E-state index in [4.69, 9.17) is 4.74 Å². The Morgan fingerprint density at radius 1 is 1.33 bits per heavy atom. The van der Waals surface area contributed by atoms with Crippen LogP contribution in [0, 0.1) is 6.92 Å². The van der Waals surface area contributed by atoms with Gasteiger partial charge in [0.15, 0.2) is 0 Å². The molecule has 7 heteroatoms. The van der Waals surface area contributed by atoms with Crippen LogP contribution < -0.4 is 4.74 Å². The Kier molecular flexibility index (Phi) is 4.99. The van der Waals surface area contributed by atoms with Gasteiger partial charge in [0.2, 0.25) is 5.91 Å². The van der Waals surface area contributed by atoms with Gasteiger partial charge in [-0.1, -0.05) is 0 Å². The summed E-state index contributed by atoms with van der Waals surface area (Å²) in [7, 11) is 1.66. The third kappa shape index (κ3) is 3.51. The highest BCUT2D eigenvalue weighted by Gasteiger charge is 2.34. The third-order valence-corrected chi connectivity index (χ3v) is 4.73. The summed E-state index contributed by atoms with van der Waals surface area (Å²) in [5, 5.41) is 0. The van der Waals surface area contributed by atoms with Crippen LogP contribution in [0.3, 0.4) is 0 Å². The van der Waals surface area contributed by atoms with E-state index in [9.17, 15) is 9.59 Å². The number of rotatable bonds is 6. The van der Waals surface area contributed by atoms with Crippen LogP contribution in [0.15, 0.2) is 18.3 Å². The summed E-state index contributed by atoms with van der Waals surface area (Å²) >= 11 is 0. The third-order valence-electron chi connectivity index (χ3n) is 4.73. The monoisotopic (exact) mass is 332 g/mol. The topological polar surface area (TPSA) is 66.0 Å². The van der Waals surface area contributed by atoms with Crippen molar-refractivity contribution in [3.05, 3.63) is 24.0 Å². The quantitative estimate of drug-likeness (QED) is 0.731. The van der Waals surface area contributed by atoms with Crippen molar-refractivity contribution in [2.75, 3.05) is 39.8 Å². The fourth-order valence-corrected chi connectivity index (χ4v) is 3.30. The minimum absolute atomic E-state index is 0.111. The zero-order valence-electron chi connectivity index (χ0n) is 14.3. The van der Waals surface area contributed by atoms with E-state index in [1.807, 2.05) is 19.1 Å². The predicted molar refractivity (Wildman–Crippen MR) is 88.8 cm³/mol. The van der Waals surface area contributed by atoms with Crippen LogP contribution in [-0.2, 0) is 4.79 Å². The molecule has 2 fully saturated rings. The first-order valence-corrected chi connectivity index (χ1v) is 8.40. The molecule has 1 atom stereocenters. The molecule has 2 aliphatic heterocycles. The molecular weight excluding hydrogens is 308 g/mol. The lowest BCUT2D eigenvalue weighted by atomic mass is 10.2. The van der Waals surface area contributed by atoms with Crippen LogP contribution in [0.5, 0.6) is 5.75 Å². The van der Waals surface area contributed by atoms with Gasteiger partial charge in [-0.15, -0.1) is 0 Å². The zero-order valence-corrected chi connectivity index (χ0v) is 14.3. The average Bonchev–Trinajstić information content (AvgIpc) is 3.10. The first-order valence-electron chi connectivity index (χ1n) is 8.40. The summed E-state index contributed by atoms with van der Waals surface area (Å²) in [6.45, 7) is 4.85. The van der Waals surface area contributed by atoms with Gasteiger partial charge in [-0.05, 0) is 38.4 Å². The highest BCUT2D eigenvalue weighted by Crippen LogP contribution is 2.20. The van der Waals surface area contributed by atoms with Crippen LogP contribution in [0.4, 0.5) is 4.79 Å². The first-order chi connectivity index (χ1) is 11.6. The number of aryl methyl sites for hydroxylation is 1. The maximum Gasteiger partial charge on any atom is 0.327 e. The van der Waals surface area contributed by atoms with Crippen molar-refractivity contribution in [3.63, 3.8) is 0 Å². The number of hydrogen-bond donors (Lipinski definition) is 0. The standard InChI is InChI=1S/C17H24N4O3/c1-13-15(6-3-7-18-13)24-12-14-5-4-8-20(14)9-10-21-16(22)11-19(2)17(21)23/h3,6-7,14H,4-5,8-12H2,1-2H3. The molecule has 3 rings (SSSR count). The van der Waals surface area contributed by atoms with Gasteiger partial charge in [-0.25, -0.2) is 4.79 Å². The van der Waals surface area contributed by atoms with Gasteiger partial charge >= 0.3 is 6.03 Å². The van der Waals surface area contributed by atoms with Gasteiger partial charge in [0, 0.05) is 32.4 Å². The number of urea groups is 1. The number of amides is 3. The molecule has 0 radical (unpaired) electrons. The minimum Gasteiger partial charge on any atom is -0.490 e. The van der Waals surface area contributed by atoms with Gasteiger partial charge in [-0.2, -0.15) is 0 Å².